The van der Waals surface area contributed by atoms with Gasteiger partial charge in [-0.05, 0) is 15.6 Å². The van der Waals surface area contributed by atoms with E-state index in [1.54, 1.807) is 49.8 Å². The SMILES string of the molecule is CO[Si](C[Si](OC)(OC)c1ccccc1)(C[Si](OC)(OC)c1ccccc1)C[Si](OC)(OC)c1ccccc1. The molecule has 3 aromatic rings. The van der Waals surface area contributed by atoms with Crippen LogP contribution >= 0.6 is 0 Å². The highest BCUT2D eigenvalue weighted by atomic mass is 28.5. The Morgan fingerprint density at radius 2 is 0.590 bits per heavy atom. The van der Waals surface area contributed by atoms with Gasteiger partial charge in [0.25, 0.3) is 0 Å². The summed E-state index contributed by atoms with van der Waals surface area (Å²) in [6, 6.07) is 30.6. The summed E-state index contributed by atoms with van der Waals surface area (Å²) in [7, 11) is 0.395. The summed E-state index contributed by atoms with van der Waals surface area (Å²) in [5.41, 5.74) is 1.82. The van der Waals surface area contributed by atoms with Crippen molar-refractivity contribution in [2.45, 2.75) is 17.0 Å². The molecule has 0 aliphatic heterocycles. The van der Waals surface area contributed by atoms with E-state index in [4.69, 9.17) is 31.0 Å². The van der Waals surface area contributed by atoms with Crippen molar-refractivity contribution >= 4 is 49.6 Å². The normalized spacial score (nSPS) is 13.0. The molecular weight excluding hydrogens is 561 g/mol. The Balaban J connectivity index is 2.24. The van der Waals surface area contributed by atoms with Gasteiger partial charge in [0.1, 0.15) is 0 Å². The van der Waals surface area contributed by atoms with Gasteiger partial charge in [0.2, 0.25) is 0 Å². The number of rotatable bonds is 16. The van der Waals surface area contributed by atoms with E-state index in [0.717, 1.165) is 15.6 Å². The second-order valence-electron chi connectivity index (χ2n) is 9.50. The maximum absolute atomic E-state index is 6.74. The lowest BCUT2D eigenvalue weighted by Crippen LogP contribution is -2.68. The zero-order valence-electron chi connectivity index (χ0n) is 24.1. The Morgan fingerprint density at radius 3 is 0.769 bits per heavy atom. The van der Waals surface area contributed by atoms with Crippen LogP contribution in [0.25, 0.3) is 0 Å². The first-order valence-corrected chi connectivity index (χ1v) is 21.5. The van der Waals surface area contributed by atoms with Crippen molar-refractivity contribution < 1.29 is 31.0 Å². The predicted molar refractivity (Wildman–Crippen MR) is 165 cm³/mol. The predicted octanol–water partition coefficient (Wildman–Crippen LogP) is 3.12. The Labute approximate surface area is 237 Å². The van der Waals surface area contributed by atoms with Gasteiger partial charge in [-0.15, -0.1) is 0 Å². The molecule has 0 aromatic heterocycles. The third kappa shape index (κ3) is 6.77. The van der Waals surface area contributed by atoms with Crippen LogP contribution < -0.4 is 15.6 Å². The quantitative estimate of drug-likeness (QED) is 0.234. The first-order chi connectivity index (χ1) is 18.9. The summed E-state index contributed by atoms with van der Waals surface area (Å²) in [5, 5.41) is 3.15. The summed E-state index contributed by atoms with van der Waals surface area (Å²) in [4.78, 5) is 0. The summed E-state index contributed by atoms with van der Waals surface area (Å²) in [6.45, 7) is 0. The number of hydrogen-bond donors (Lipinski definition) is 0. The fourth-order valence-electron chi connectivity index (χ4n) is 5.45. The van der Waals surface area contributed by atoms with Gasteiger partial charge in [0, 0.05) is 66.8 Å². The lowest BCUT2D eigenvalue weighted by molar-refractivity contribution is 0.248. The molecule has 0 unspecified atom stereocenters. The van der Waals surface area contributed by atoms with E-state index in [1.807, 2.05) is 54.6 Å². The Kier molecular flexibility index (Phi) is 11.6. The van der Waals surface area contributed by atoms with E-state index in [9.17, 15) is 0 Å². The molecule has 0 atom stereocenters. The average Bonchev–Trinajstić information content (AvgIpc) is 3.02. The molecule has 0 aliphatic carbocycles. The van der Waals surface area contributed by atoms with E-state index in [1.165, 1.54) is 0 Å². The zero-order chi connectivity index (χ0) is 28.4. The lowest BCUT2D eigenvalue weighted by atomic mass is 10.4. The lowest BCUT2D eigenvalue weighted by Gasteiger charge is -2.44. The van der Waals surface area contributed by atoms with Crippen LogP contribution in [0.1, 0.15) is 0 Å². The van der Waals surface area contributed by atoms with Crippen molar-refractivity contribution in [2.24, 2.45) is 0 Å². The second kappa shape index (κ2) is 14.2. The minimum atomic E-state index is -2.97. The summed E-state index contributed by atoms with van der Waals surface area (Å²) in [6.07, 6.45) is 0. The summed E-state index contributed by atoms with van der Waals surface area (Å²) >= 11 is 0. The standard InChI is InChI=1S/C28H42O7Si4/c1-29-36(23-37(30-2,31-3)26-17-11-8-12-18-26,24-38(32-4,33-5)27-19-13-9-14-20-27)25-39(34-6,35-7)28-21-15-10-16-22-28/h8-22H,23-25H2,1-7H3. The van der Waals surface area contributed by atoms with Crippen molar-refractivity contribution in [3.63, 3.8) is 0 Å². The van der Waals surface area contributed by atoms with Crippen molar-refractivity contribution in [2.75, 3.05) is 49.8 Å². The molecule has 0 saturated carbocycles. The van der Waals surface area contributed by atoms with E-state index in [0.29, 0.717) is 17.0 Å². The number of hydrogen-bond acceptors (Lipinski definition) is 7. The average molecular weight is 603 g/mol. The van der Waals surface area contributed by atoms with Gasteiger partial charge in [0.15, 0.2) is 8.32 Å². The molecule has 212 valence electrons. The highest BCUT2D eigenvalue weighted by Gasteiger charge is 2.60. The maximum atomic E-state index is 6.74. The van der Waals surface area contributed by atoms with Crippen molar-refractivity contribution in [1.29, 1.82) is 0 Å². The van der Waals surface area contributed by atoms with E-state index < -0.39 is 34.0 Å². The highest BCUT2D eigenvalue weighted by molar-refractivity contribution is 7.07. The highest BCUT2D eigenvalue weighted by Crippen LogP contribution is 2.36. The van der Waals surface area contributed by atoms with Gasteiger partial charge in [-0.25, -0.2) is 0 Å². The maximum Gasteiger partial charge on any atom is 0.371 e. The van der Waals surface area contributed by atoms with Gasteiger partial charge in [-0.1, -0.05) is 91.0 Å². The van der Waals surface area contributed by atoms with Crippen molar-refractivity contribution in [3.05, 3.63) is 91.0 Å². The molecule has 0 fully saturated rings. The van der Waals surface area contributed by atoms with Crippen molar-refractivity contribution in [3.8, 4) is 0 Å². The van der Waals surface area contributed by atoms with Gasteiger partial charge in [-0.2, -0.15) is 0 Å². The third-order valence-corrected chi connectivity index (χ3v) is 29.5. The van der Waals surface area contributed by atoms with Crippen LogP contribution in [-0.2, 0) is 31.0 Å². The van der Waals surface area contributed by atoms with Gasteiger partial charge >= 0.3 is 25.7 Å². The van der Waals surface area contributed by atoms with Crippen LogP contribution in [0.3, 0.4) is 0 Å². The molecule has 0 spiro atoms. The molecule has 3 rings (SSSR count). The van der Waals surface area contributed by atoms with E-state index >= 15 is 0 Å². The molecule has 0 amide bonds. The largest absolute Gasteiger partial charge is 0.420 e. The number of benzene rings is 3. The molecule has 0 radical (unpaired) electrons. The fourth-order valence-corrected chi connectivity index (χ4v) is 32.2. The Bertz CT molecular complexity index is 971. The molecule has 0 N–H and O–H groups in total. The molecule has 11 heteroatoms. The van der Waals surface area contributed by atoms with E-state index in [2.05, 4.69) is 36.4 Å². The Morgan fingerprint density at radius 1 is 0.359 bits per heavy atom. The molecule has 7 nitrogen and oxygen atoms in total. The summed E-state index contributed by atoms with van der Waals surface area (Å²) < 4.78 is 44.8. The molecular formula is C28H42O7Si4. The van der Waals surface area contributed by atoms with Gasteiger partial charge in [-0.3, -0.25) is 0 Å². The van der Waals surface area contributed by atoms with Crippen molar-refractivity contribution in [1.82, 2.24) is 0 Å². The van der Waals surface area contributed by atoms with Crippen LogP contribution in [0.2, 0.25) is 17.0 Å². The third-order valence-electron chi connectivity index (χ3n) is 7.72. The first-order valence-electron chi connectivity index (χ1n) is 12.9. The second-order valence-corrected chi connectivity index (χ2v) is 25.2. The fraction of sp³-hybridized carbons (Fsp3) is 0.357. The van der Waals surface area contributed by atoms with Gasteiger partial charge < -0.3 is 31.0 Å². The van der Waals surface area contributed by atoms with Crippen LogP contribution in [0.4, 0.5) is 0 Å². The first kappa shape index (κ1) is 31.8. The molecule has 0 heterocycles. The van der Waals surface area contributed by atoms with E-state index in [-0.39, 0.29) is 0 Å². The Hall–Kier alpha value is -1.75. The van der Waals surface area contributed by atoms with Gasteiger partial charge in [0.05, 0.1) is 0 Å². The van der Waals surface area contributed by atoms with Crippen LogP contribution in [0.5, 0.6) is 0 Å². The van der Waals surface area contributed by atoms with Crippen LogP contribution in [0.15, 0.2) is 91.0 Å². The minimum Gasteiger partial charge on any atom is -0.420 e. The zero-order valence-corrected chi connectivity index (χ0v) is 28.1. The van der Waals surface area contributed by atoms with Crippen LogP contribution in [0, 0.1) is 0 Å². The molecule has 3 aromatic carbocycles. The topological polar surface area (TPSA) is 64.6 Å². The molecule has 0 aliphatic rings. The summed E-state index contributed by atoms with van der Waals surface area (Å²) in [5.74, 6) is 0. The molecule has 0 bridgehead atoms. The monoisotopic (exact) mass is 602 g/mol. The smallest absolute Gasteiger partial charge is 0.371 e. The molecule has 0 saturated heterocycles. The minimum absolute atomic E-state index is 0.607. The van der Waals surface area contributed by atoms with Crippen LogP contribution in [-0.4, -0.2) is 83.8 Å². The molecule has 39 heavy (non-hydrogen) atoms.